The normalized spacial score (nSPS) is 20.6. The zero-order valence-corrected chi connectivity index (χ0v) is 8.30. The molecule has 0 amide bonds. The summed E-state index contributed by atoms with van der Waals surface area (Å²) in [5.41, 5.74) is 3.68. The summed E-state index contributed by atoms with van der Waals surface area (Å²) in [5.74, 6) is 0. The molecule has 1 aromatic rings. The molecule has 2 rings (SSSR count). The van der Waals surface area contributed by atoms with E-state index in [1.165, 1.54) is 23.5 Å². The van der Waals surface area contributed by atoms with E-state index in [-0.39, 0.29) is 0 Å². The molecule has 0 saturated heterocycles. The smallest absolute Gasteiger partial charge is 0.0638 e. The highest BCUT2D eigenvalue weighted by molar-refractivity contribution is 5.51. The van der Waals surface area contributed by atoms with Gasteiger partial charge in [-0.3, -0.25) is 4.98 Å². The number of aryl methyl sites for hydroxylation is 2. The highest BCUT2D eigenvalue weighted by atomic mass is 14.9. The Hall–Kier alpha value is -1.05. The van der Waals surface area contributed by atoms with Crippen LogP contribution in [0.25, 0.3) is 0 Å². The third-order valence-corrected chi connectivity index (χ3v) is 2.61. The van der Waals surface area contributed by atoms with Gasteiger partial charge in [-0.15, -0.1) is 0 Å². The Bertz CT molecular complexity index is 307. The number of rotatable bonds is 1. The number of aromatic nitrogens is 1. The summed E-state index contributed by atoms with van der Waals surface area (Å²) < 4.78 is 0. The Morgan fingerprint density at radius 1 is 1.54 bits per heavy atom. The lowest BCUT2D eigenvalue weighted by Crippen LogP contribution is -2.22. The van der Waals surface area contributed by atoms with Gasteiger partial charge < -0.3 is 5.32 Å². The minimum Gasteiger partial charge on any atom is -0.381 e. The van der Waals surface area contributed by atoms with Gasteiger partial charge in [0.25, 0.3) is 0 Å². The van der Waals surface area contributed by atoms with Gasteiger partial charge in [-0.05, 0) is 38.3 Å². The monoisotopic (exact) mass is 176 g/mol. The number of pyridine rings is 1. The fourth-order valence-electron chi connectivity index (χ4n) is 1.76. The third kappa shape index (κ3) is 1.67. The first kappa shape index (κ1) is 8.54. The molecule has 0 radical (unpaired) electrons. The van der Waals surface area contributed by atoms with Gasteiger partial charge in [0.1, 0.15) is 0 Å². The molecule has 0 saturated carbocycles. The van der Waals surface area contributed by atoms with E-state index < -0.39 is 0 Å². The quantitative estimate of drug-likeness (QED) is 0.710. The van der Waals surface area contributed by atoms with Crippen LogP contribution < -0.4 is 5.32 Å². The lowest BCUT2D eigenvalue weighted by Gasteiger charge is -2.23. The molecule has 2 heteroatoms. The van der Waals surface area contributed by atoms with Gasteiger partial charge in [0.05, 0.1) is 11.4 Å². The predicted octanol–water partition coefficient (Wildman–Crippen LogP) is 2.39. The second-order valence-electron chi connectivity index (χ2n) is 3.73. The summed E-state index contributed by atoms with van der Waals surface area (Å²) in [5, 5.41) is 3.45. The molecule has 13 heavy (non-hydrogen) atoms. The number of nitrogens with zero attached hydrogens (tertiary/aromatic N) is 1. The minimum atomic E-state index is 0.599. The molecule has 0 fully saturated rings. The van der Waals surface area contributed by atoms with Gasteiger partial charge in [-0.2, -0.15) is 0 Å². The van der Waals surface area contributed by atoms with Crippen molar-refractivity contribution in [3.63, 3.8) is 0 Å². The molecule has 1 unspecified atom stereocenters. The molecule has 1 N–H and O–H groups in total. The van der Waals surface area contributed by atoms with E-state index in [0.29, 0.717) is 6.04 Å². The fraction of sp³-hybridized carbons (Fsp3) is 0.545. The summed E-state index contributed by atoms with van der Waals surface area (Å²) in [6.07, 6.45) is 3.35. The first-order chi connectivity index (χ1) is 6.29. The summed E-state index contributed by atoms with van der Waals surface area (Å²) in [7, 11) is 0. The van der Waals surface area contributed by atoms with Gasteiger partial charge in [0.2, 0.25) is 0 Å². The topological polar surface area (TPSA) is 24.9 Å². The highest BCUT2D eigenvalue weighted by Crippen LogP contribution is 2.23. The molecule has 1 atom stereocenters. The van der Waals surface area contributed by atoms with Gasteiger partial charge >= 0.3 is 0 Å². The Balaban J connectivity index is 2.31. The number of anilines is 1. The van der Waals surface area contributed by atoms with E-state index >= 15 is 0 Å². The number of hydrogen-bond acceptors (Lipinski definition) is 2. The summed E-state index contributed by atoms with van der Waals surface area (Å²) >= 11 is 0. The van der Waals surface area contributed by atoms with E-state index in [1.807, 2.05) is 0 Å². The lowest BCUT2D eigenvalue weighted by molar-refractivity contribution is 0.665. The molecular formula is C11H16N2. The van der Waals surface area contributed by atoms with Crippen LogP contribution >= 0.6 is 0 Å². The SMILES string of the molecule is CCc1ccc2c(n1)CCC(C)N2. The first-order valence-corrected chi connectivity index (χ1v) is 5.05. The minimum absolute atomic E-state index is 0.599. The van der Waals surface area contributed by atoms with E-state index in [4.69, 9.17) is 0 Å². The largest absolute Gasteiger partial charge is 0.381 e. The van der Waals surface area contributed by atoms with Gasteiger partial charge in [-0.1, -0.05) is 6.92 Å². The number of fused-ring (bicyclic) bond motifs is 1. The van der Waals surface area contributed by atoms with E-state index in [2.05, 4.69) is 36.3 Å². The van der Waals surface area contributed by atoms with Crippen molar-refractivity contribution in [2.24, 2.45) is 0 Å². The average Bonchev–Trinajstić information content (AvgIpc) is 2.17. The molecule has 1 aliphatic heterocycles. The second-order valence-corrected chi connectivity index (χ2v) is 3.73. The van der Waals surface area contributed by atoms with Crippen molar-refractivity contribution >= 4 is 5.69 Å². The third-order valence-electron chi connectivity index (χ3n) is 2.61. The molecule has 70 valence electrons. The first-order valence-electron chi connectivity index (χ1n) is 5.05. The highest BCUT2D eigenvalue weighted by Gasteiger charge is 2.14. The van der Waals surface area contributed by atoms with E-state index in [0.717, 1.165) is 12.8 Å². The molecule has 0 aromatic carbocycles. The number of hydrogen-bond donors (Lipinski definition) is 1. The van der Waals surface area contributed by atoms with E-state index in [9.17, 15) is 0 Å². The van der Waals surface area contributed by atoms with Crippen LogP contribution in [0.5, 0.6) is 0 Å². The van der Waals surface area contributed by atoms with Crippen LogP contribution in [0.2, 0.25) is 0 Å². The van der Waals surface area contributed by atoms with Gasteiger partial charge in [0, 0.05) is 11.7 Å². The van der Waals surface area contributed by atoms with Crippen LogP contribution in [0.1, 0.15) is 31.7 Å². The summed E-state index contributed by atoms with van der Waals surface area (Å²) in [6, 6.07) is 4.88. The van der Waals surface area contributed by atoms with Crippen molar-refractivity contribution in [1.82, 2.24) is 4.98 Å². The van der Waals surface area contributed by atoms with Crippen molar-refractivity contribution < 1.29 is 0 Å². The Morgan fingerprint density at radius 2 is 2.38 bits per heavy atom. The Morgan fingerprint density at radius 3 is 3.15 bits per heavy atom. The van der Waals surface area contributed by atoms with Crippen LogP contribution in [-0.4, -0.2) is 11.0 Å². The maximum atomic E-state index is 4.60. The van der Waals surface area contributed by atoms with Gasteiger partial charge in [-0.25, -0.2) is 0 Å². The Labute approximate surface area is 79.4 Å². The lowest BCUT2D eigenvalue weighted by atomic mass is 10.0. The van der Waals surface area contributed by atoms with Crippen molar-refractivity contribution in [1.29, 1.82) is 0 Å². The summed E-state index contributed by atoms with van der Waals surface area (Å²) in [6.45, 7) is 4.37. The maximum Gasteiger partial charge on any atom is 0.0638 e. The molecule has 1 aromatic heterocycles. The predicted molar refractivity (Wildman–Crippen MR) is 55.0 cm³/mol. The van der Waals surface area contributed by atoms with Crippen LogP contribution in [0, 0.1) is 0 Å². The molecule has 0 aliphatic carbocycles. The average molecular weight is 176 g/mol. The van der Waals surface area contributed by atoms with Crippen LogP contribution in [0.15, 0.2) is 12.1 Å². The molecule has 1 aliphatic rings. The van der Waals surface area contributed by atoms with Crippen molar-refractivity contribution in [2.45, 2.75) is 39.2 Å². The zero-order valence-electron chi connectivity index (χ0n) is 8.30. The molecule has 0 spiro atoms. The van der Waals surface area contributed by atoms with Gasteiger partial charge in [0.15, 0.2) is 0 Å². The molecular weight excluding hydrogens is 160 g/mol. The van der Waals surface area contributed by atoms with Crippen LogP contribution in [0.3, 0.4) is 0 Å². The molecule has 0 bridgehead atoms. The molecule has 2 heterocycles. The fourth-order valence-corrected chi connectivity index (χ4v) is 1.76. The number of nitrogens with one attached hydrogen (secondary N) is 1. The van der Waals surface area contributed by atoms with Crippen molar-refractivity contribution in [2.75, 3.05) is 5.32 Å². The molecule has 2 nitrogen and oxygen atoms in total. The zero-order chi connectivity index (χ0) is 9.26. The van der Waals surface area contributed by atoms with E-state index in [1.54, 1.807) is 0 Å². The second kappa shape index (κ2) is 3.36. The standard InChI is InChI=1S/C11H16N2/c1-3-9-5-7-10-11(13-9)6-4-8(2)12-10/h5,7-8,12H,3-4,6H2,1-2H3. The van der Waals surface area contributed by atoms with Crippen LogP contribution in [-0.2, 0) is 12.8 Å². The van der Waals surface area contributed by atoms with Crippen molar-refractivity contribution in [3.05, 3.63) is 23.5 Å². The maximum absolute atomic E-state index is 4.60. The summed E-state index contributed by atoms with van der Waals surface area (Å²) in [4.78, 5) is 4.60. The Kier molecular flexibility index (Phi) is 2.21. The van der Waals surface area contributed by atoms with Crippen LogP contribution in [0.4, 0.5) is 5.69 Å². The van der Waals surface area contributed by atoms with Crippen molar-refractivity contribution in [3.8, 4) is 0 Å².